The van der Waals surface area contributed by atoms with E-state index in [-0.39, 0.29) is 12.4 Å². The normalized spacial score (nSPS) is 14.2. The van der Waals surface area contributed by atoms with Crippen molar-refractivity contribution in [3.8, 4) is 5.75 Å². The van der Waals surface area contributed by atoms with E-state index in [0.717, 1.165) is 12.8 Å². The molecule has 0 amide bonds. The lowest BCUT2D eigenvalue weighted by Crippen LogP contribution is -1.86. The van der Waals surface area contributed by atoms with Gasteiger partial charge in [0.15, 0.2) is 0 Å². The third-order valence-corrected chi connectivity index (χ3v) is 2.24. The van der Waals surface area contributed by atoms with Gasteiger partial charge in [0.05, 0.1) is 0 Å². The molecule has 1 nitrogen and oxygen atoms in total. The summed E-state index contributed by atoms with van der Waals surface area (Å²) in [6, 6.07) is 5.59. The molecule has 70 valence electrons. The highest BCUT2D eigenvalue weighted by molar-refractivity contribution is 5.85. The smallest absolute Gasteiger partial charge is 0.115 e. The fraction of sp³-hybridized carbons (Fsp3) is 0.273. The number of phenolic OH excluding ortho intramolecular Hbond substituents is 1. The highest BCUT2D eigenvalue weighted by Gasteiger charge is 2.03. The van der Waals surface area contributed by atoms with Crippen molar-refractivity contribution in [3.63, 3.8) is 0 Å². The molecule has 0 saturated carbocycles. The maximum absolute atomic E-state index is 9.26. The summed E-state index contributed by atoms with van der Waals surface area (Å²) in [6.45, 7) is 0. The molecule has 0 unspecified atom stereocenters. The van der Waals surface area contributed by atoms with E-state index >= 15 is 0 Å². The topological polar surface area (TPSA) is 20.2 Å². The standard InChI is InChI=1S/C11H12O.ClH/c12-11-7-6-9-4-2-1-3-5-10(9)8-11;/h2,4,6-8,12H,1,3,5H2;1H. The number of hydrogen-bond donors (Lipinski definition) is 1. The molecule has 0 saturated heterocycles. The van der Waals surface area contributed by atoms with Gasteiger partial charge in [-0.15, -0.1) is 12.4 Å². The number of hydrogen-bond acceptors (Lipinski definition) is 1. The minimum atomic E-state index is 0. The Morgan fingerprint density at radius 1 is 1.23 bits per heavy atom. The van der Waals surface area contributed by atoms with Crippen LogP contribution in [0.1, 0.15) is 24.0 Å². The zero-order chi connectivity index (χ0) is 8.39. The Morgan fingerprint density at radius 3 is 2.92 bits per heavy atom. The first-order valence-electron chi connectivity index (χ1n) is 4.35. The van der Waals surface area contributed by atoms with E-state index in [1.807, 2.05) is 12.1 Å². The first-order valence-corrected chi connectivity index (χ1v) is 4.35. The molecule has 0 fully saturated rings. The van der Waals surface area contributed by atoms with Crippen LogP contribution < -0.4 is 0 Å². The summed E-state index contributed by atoms with van der Waals surface area (Å²) < 4.78 is 0. The number of rotatable bonds is 0. The van der Waals surface area contributed by atoms with Crippen molar-refractivity contribution >= 4 is 18.5 Å². The third-order valence-electron chi connectivity index (χ3n) is 2.24. The molecule has 1 aromatic carbocycles. The van der Waals surface area contributed by atoms with Crippen LogP contribution in [0.15, 0.2) is 24.3 Å². The molecular formula is C11H13ClO. The van der Waals surface area contributed by atoms with Gasteiger partial charge in [0.2, 0.25) is 0 Å². The van der Waals surface area contributed by atoms with E-state index in [1.165, 1.54) is 17.5 Å². The van der Waals surface area contributed by atoms with Gasteiger partial charge in [-0.3, -0.25) is 0 Å². The number of fused-ring (bicyclic) bond motifs is 1. The highest BCUT2D eigenvalue weighted by Crippen LogP contribution is 2.22. The predicted octanol–water partition coefficient (Wildman–Crippen LogP) is 3.16. The van der Waals surface area contributed by atoms with Gasteiger partial charge >= 0.3 is 0 Å². The van der Waals surface area contributed by atoms with Gasteiger partial charge in [-0.05, 0) is 42.5 Å². The van der Waals surface area contributed by atoms with Crippen molar-refractivity contribution in [3.05, 3.63) is 35.4 Å². The maximum Gasteiger partial charge on any atom is 0.115 e. The van der Waals surface area contributed by atoms with Crippen LogP contribution >= 0.6 is 12.4 Å². The van der Waals surface area contributed by atoms with E-state index in [1.54, 1.807) is 6.07 Å². The molecule has 0 spiro atoms. The van der Waals surface area contributed by atoms with Gasteiger partial charge < -0.3 is 5.11 Å². The van der Waals surface area contributed by atoms with Gasteiger partial charge in [-0.1, -0.05) is 18.2 Å². The molecule has 2 heteroatoms. The Labute approximate surface area is 84.5 Å². The number of aromatic hydroxyl groups is 1. The van der Waals surface area contributed by atoms with Crippen LogP contribution in [-0.4, -0.2) is 5.11 Å². The molecule has 1 aliphatic rings. The third kappa shape index (κ3) is 2.25. The van der Waals surface area contributed by atoms with Gasteiger partial charge in [-0.25, -0.2) is 0 Å². The number of benzene rings is 1. The molecule has 2 rings (SSSR count). The second kappa shape index (κ2) is 4.33. The van der Waals surface area contributed by atoms with Crippen LogP contribution in [-0.2, 0) is 6.42 Å². The SMILES string of the molecule is Cl.Oc1ccc2c(c1)CCCC=C2. The summed E-state index contributed by atoms with van der Waals surface area (Å²) in [5.41, 5.74) is 2.52. The summed E-state index contributed by atoms with van der Waals surface area (Å²) in [6.07, 6.45) is 7.75. The van der Waals surface area contributed by atoms with Crippen LogP contribution in [0.5, 0.6) is 5.75 Å². The molecule has 0 bridgehead atoms. The molecule has 0 aliphatic heterocycles. The molecule has 1 N–H and O–H groups in total. The summed E-state index contributed by atoms with van der Waals surface area (Å²) in [4.78, 5) is 0. The van der Waals surface area contributed by atoms with Gasteiger partial charge in [0.1, 0.15) is 5.75 Å². The molecule has 0 heterocycles. The Balaban J connectivity index is 0.000000845. The zero-order valence-electron chi connectivity index (χ0n) is 7.36. The monoisotopic (exact) mass is 196 g/mol. The van der Waals surface area contributed by atoms with E-state index in [9.17, 15) is 5.11 Å². The molecule has 0 radical (unpaired) electrons. The number of halogens is 1. The number of allylic oxidation sites excluding steroid dienone is 1. The average Bonchev–Trinajstić information content (AvgIpc) is 2.28. The Kier molecular flexibility index (Phi) is 3.38. The fourth-order valence-corrected chi connectivity index (χ4v) is 1.59. The Hall–Kier alpha value is -0.950. The highest BCUT2D eigenvalue weighted by atomic mass is 35.5. The summed E-state index contributed by atoms with van der Waals surface area (Å²) in [7, 11) is 0. The molecule has 0 atom stereocenters. The fourth-order valence-electron chi connectivity index (χ4n) is 1.59. The quantitative estimate of drug-likeness (QED) is 0.676. The lowest BCUT2D eigenvalue weighted by Gasteiger charge is -2.02. The Bertz CT molecular complexity index is 318. The predicted molar refractivity (Wildman–Crippen MR) is 57.3 cm³/mol. The van der Waals surface area contributed by atoms with Crippen molar-refractivity contribution in [1.82, 2.24) is 0 Å². The van der Waals surface area contributed by atoms with Crippen LogP contribution in [0.25, 0.3) is 6.08 Å². The summed E-state index contributed by atoms with van der Waals surface area (Å²) in [5, 5.41) is 9.26. The van der Waals surface area contributed by atoms with Crippen molar-refractivity contribution in [2.24, 2.45) is 0 Å². The van der Waals surface area contributed by atoms with Crippen molar-refractivity contribution in [2.75, 3.05) is 0 Å². The molecular weight excluding hydrogens is 184 g/mol. The average molecular weight is 197 g/mol. The summed E-state index contributed by atoms with van der Waals surface area (Å²) in [5.74, 6) is 0.379. The zero-order valence-corrected chi connectivity index (χ0v) is 8.18. The lowest BCUT2D eigenvalue weighted by molar-refractivity contribution is 0.474. The largest absolute Gasteiger partial charge is 0.508 e. The first-order chi connectivity index (χ1) is 5.86. The minimum absolute atomic E-state index is 0. The van der Waals surface area contributed by atoms with Crippen LogP contribution in [0.2, 0.25) is 0 Å². The molecule has 1 aromatic rings. The Morgan fingerprint density at radius 2 is 2.08 bits per heavy atom. The van der Waals surface area contributed by atoms with E-state index in [4.69, 9.17) is 0 Å². The van der Waals surface area contributed by atoms with Gasteiger partial charge in [0.25, 0.3) is 0 Å². The van der Waals surface area contributed by atoms with Gasteiger partial charge in [0, 0.05) is 0 Å². The van der Waals surface area contributed by atoms with Crippen LogP contribution in [0.4, 0.5) is 0 Å². The second-order valence-corrected chi connectivity index (χ2v) is 3.18. The molecule has 0 aromatic heterocycles. The van der Waals surface area contributed by atoms with Crippen molar-refractivity contribution in [1.29, 1.82) is 0 Å². The van der Waals surface area contributed by atoms with Crippen LogP contribution in [0.3, 0.4) is 0 Å². The van der Waals surface area contributed by atoms with E-state index in [0.29, 0.717) is 5.75 Å². The number of aryl methyl sites for hydroxylation is 1. The van der Waals surface area contributed by atoms with Gasteiger partial charge in [-0.2, -0.15) is 0 Å². The van der Waals surface area contributed by atoms with Crippen LogP contribution in [0, 0.1) is 0 Å². The first kappa shape index (κ1) is 10.1. The maximum atomic E-state index is 9.26. The second-order valence-electron chi connectivity index (χ2n) is 3.18. The molecule has 13 heavy (non-hydrogen) atoms. The van der Waals surface area contributed by atoms with E-state index < -0.39 is 0 Å². The molecule has 1 aliphatic carbocycles. The van der Waals surface area contributed by atoms with Crippen molar-refractivity contribution < 1.29 is 5.11 Å². The summed E-state index contributed by atoms with van der Waals surface area (Å²) >= 11 is 0. The lowest BCUT2D eigenvalue weighted by atomic mass is 10.0. The number of phenols is 1. The van der Waals surface area contributed by atoms with E-state index in [2.05, 4.69) is 12.2 Å². The minimum Gasteiger partial charge on any atom is -0.508 e. The van der Waals surface area contributed by atoms with Crippen molar-refractivity contribution in [2.45, 2.75) is 19.3 Å².